The van der Waals surface area contributed by atoms with Gasteiger partial charge in [0, 0.05) is 22.5 Å². The molecular weight excluding hydrogens is 438 g/mol. The third kappa shape index (κ3) is 5.51. The van der Waals surface area contributed by atoms with Crippen LogP contribution in [-0.2, 0) is 19.4 Å². The van der Waals surface area contributed by atoms with Crippen LogP contribution in [0.15, 0.2) is 77.7 Å². The second-order valence-electron chi connectivity index (χ2n) is 6.92. The van der Waals surface area contributed by atoms with E-state index in [2.05, 4.69) is 5.32 Å². The predicted octanol–water partition coefficient (Wildman–Crippen LogP) is 4.59. The van der Waals surface area contributed by atoms with Crippen LogP contribution in [0.3, 0.4) is 0 Å². The summed E-state index contributed by atoms with van der Waals surface area (Å²) < 4.78 is 29.6. The molecule has 0 aliphatic carbocycles. The zero-order valence-corrected chi connectivity index (χ0v) is 18.4. The average molecular weight is 458 g/mol. The number of esters is 1. The van der Waals surface area contributed by atoms with Crippen LogP contribution in [0.1, 0.15) is 27.6 Å². The quantitative estimate of drug-likeness (QED) is 0.547. The molecule has 3 aromatic carbocycles. The van der Waals surface area contributed by atoms with Crippen molar-refractivity contribution in [3.05, 3.63) is 94.5 Å². The minimum Gasteiger partial charge on any atom is -0.444 e. The summed E-state index contributed by atoms with van der Waals surface area (Å²) in [5.41, 5.74) is 1.58. The van der Waals surface area contributed by atoms with Gasteiger partial charge in [0.05, 0.1) is 10.5 Å². The number of sulfone groups is 1. The van der Waals surface area contributed by atoms with E-state index >= 15 is 0 Å². The van der Waals surface area contributed by atoms with Gasteiger partial charge < -0.3 is 10.1 Å². The molecule has 0 saturated carbocycles. The second-order valence-corrected chi connectivity index (χ2v) is 9.31. The molecule has 1 unspecified atom stereocenters. The Labute approximate surface area is 185 Å². The molecule has 0 heterocycles. The molecule has 0 radical (unpaired) electrons. The van der Waals surface area contributed by atoms with Crippen molar-refractivity contribution in [3.8, 4) is 0 Å². The Morgan fingerprint density at radius 1 is 0.968 bits per heavy atom. The van der Waals surface area contributed by atoms with Crippen LogP contribution in [-0.4, -0.2) is 26.6 Å². The van der Waals surface area contributed by atoms with Crippen LogP contribution in [0, 0.1) is 6.92 Å². The lowest BCUT2D eigenvalue weighted by atomic mass is 10.1. The molecule has 0 aliphatic rings. The number of hydrogen-bond donors (Lipinski definition) is 1. The predicted molar refractivity (Wildman–Crippen MR) is 119 cm³/mol. The van der Waals surface area contributed by atoms with E-state index in [-0.39, 0.29) is 10.5 Å². The fourth-order valence-electron chi connectivity index (χ4n) is 2.91. The van der Waals surface area contributed by atoms with Crippen molar-refractivity contribution in [3.63, 3.8) is 0 Å². The summed E-state index contributed by atoms with van der Waals surface area (Å²) in [5.74, 6) is -1.52. The molecule has 3 aromatic rings. The molecule has 0 aromatic heterocycles. The molecule has 3 rings (SSSR count). The van der Waals surface area contributed by atoms with Crippen molar-refractivity contribution < 1.29 is 22.7 Å². The molecule has 1 N–H and O–H groups in total. The normalized spacial score (nSPS) is 12.1. The number of rotatable bonds is 6. The molecule has 1 atom stereocenters. The van der Waals surface area contributed by atoms with Crippen LogP contribution >= 0.6 is 11.6 Å². The first-order chi connectivity index (χ1) is 14.7. The highest BCUT2D eigenvalue weighted by molar-refractivity contribution is 7.90. The van der Waals surface area contributed by atoms with Gasteiger partial charge in [0.15, 0.2) is 9.84 Å². The summed E-state index contributed by atoms with van der Waals surface area (Å²) in [7, 11) is -3.67. The molecule has 6 nitrogen and oxygen atoms in total. The van der Waals surface area contributed by atoms with Gasteiger partial charge >= 0.3 is 5.97 Å². The topological polar surface area (TPSA) is 89.5 Å². The van der Waals surface area contributed by atoms with Crippen LogP contribution in [0.5, 0.6) is 0 Å². The molecule has 0 spiro atoms. The molecule has 160 valence electrons. The fourth-order valence-corrected chi connectivity index (χ4v) is 3.97. The molecule has 1 amide bonds. The van der Waals surface area contributed by atoms with Gasteiger partial charge in [-0.25, -0.2) is 13.2 Å². The Balaban J connectivity index is 1.93. The summed E-state index contributed by atoms with van der Waals surface area (Å²) in [6, 6.07) is 19.2. The standard InChI is InChI=1S/C23H20ClNO5S/c1-15-12-13-17(14-19(15)24)25-22(26)21(16-8-4-3-5-9-16)30-23(27)18-10-6-7-11-20(18)31(2,28)29/h3-14,21H,1-2H3,(H,25,26). The first-order valence-electron chi connectivity index (χ1n) is 9.29. The number of carbonyl (C=O) groups is 2. The first-order valence-corrected chi connectivity index (χ1v) is 11.6. The summed E-state index contributed by atoms with van der Waals surface area (Å²) >= 11 is 6.12. The minimum absolute atomic E-state index is 0.142. The zero-order valence-electron chi connectivity index (χ0n) is 16.8. The van der Waals surface area contributed by atoms with E-state index < -0.39 is 27.8 Å². The maximum absolute atomic E-state index is 13.0. The van der Waals surface area contributed by atoms with Crippen molar-refractivity contribution >= 4 is 39.0 Å². The van der Waals surface area contributed by atoms with Gasteiger partial charge in [0.1, 0.15) is 0 Å². The highest BCUT2D eigenvalue weighted by Gasteiger charge is 2.28. The molecule has 0 bridgehead atoms. The number of hydrogen-bond acceptors (Lipinski definition) is 5. The fraction of sp³-hybridized carbons (Fsp3) is 0.130. The van der Waals surface area contributed by atoms with Gasteiger partial charge in [-0.2, -0.15) is 0 Å². The second kappa shape index (κ2) is 9.32. The summed E-state index contributed by atoms with van der Waals surface area (Å²) in [5, 5.41) is 3.17. The minimum atomic E-state index is -3.67. The number of carbonyl (C=O) groups excluding carboxylic acids is 2. The number of anilines is 1. The van der Waals surface area contributed by atoms with Gasteiger partial charge in [-0.3, -0.25) is 4.79 Å². The van der Waals surface area contributed by atoms with Gasteiger partial charge in [0.25, 0.3) is 5.91 Å². The van der Waals surface area contributed by atoms with Crippen molar-refractivity contribution in [2.45, 2.75) is 17.9 Å². The number of nitrogens with one attached hydrogen (secondary N) is 1. The van der Waals surface area contributed by atoms with Crippen LogP contribution in [0.2, 0.25) is 5.02 Å². The maximum Gasteiger partial charge on any atom is 0.340 e. The SMILES string of the molecule is Cc1ccc(NC(=O)C(OC(=O)c2ccccc2S(C)(=O)=O)c2ccccc2)cc1Cl. The lowest BCUT2D eigenvalue weighted by molar-refractivity contribution is -0.125. The maximum atomic E-state index is 13.0. The Kier molecular flexibility index (Phi) is 6.77. The number of benzene rings is 3. The number of ether oxygens (including phenoxy) is 1. The Morgan fingerprint density at radius 3 is 2.26 bits per heavy atom. The van der Waals surface area contributed by atoms with E-state index in [1.807, 2.05) is 6.92 Å². The Hall–Kier alpha value is -3.16. The van der Waals surface area contributed by atoms with Crippen LogP contribution in [0.4, 0.5) is 5.69 Å². The molecule has 0 fully saturated rings. The van der Waals surface area contributed by atoms with Gasteiger partial charge in [-0.15, -0.1) is 0 Å². The smallest absolute Gasteiger partial charge is 0.340 e. The third-order valence-corrected chi connectivity index (χ3v) is 6.07. The van der Waals surface area contributed by atoms with Gasteiger partial charge in [0.2, 0.25) is 6.10 Å². The summed E-state index contributed by atoms with van der Waals surface area (Å²) in [6.45, 7) is 1.84. The molecule has 0 saturated heterocycles. The third-order valence-electron chi connectivity index (χ3n) is 4.51. The lowest BCUT2D eigenvalue weighted by Crippen LogP contribution is -2.26. The monoisotopic (exact) mass is 457 g/mol. The number of amides is 1. The molecule has 8 heteroatoms. The largest absolute Gasteiger partial charge is 0.444 e. The number of aryl methyl sites for hydroxylation is 1. The van der Waals surface area contributed by atoms with Crippen LogP contribution in [0.25, 0.3) is 0 Å². The van der Waals surface area contributed by atoms with E-state index in [0.717, 1.165) is 11.8 Å². The summed E-state index contributed by atoms with van der Waals surface area (Å²) in [4.78, 5) is 25.7. The average Bonchev–Trinajstić information content (AvgIpc) is 2.74. The van der Waals surface area contributed by atoms with Crippen molar-refractivity contribution in [2.24, 2.45) is 0 Å². The van der Waals surface area contributed by atoms with E-state index in [4.69, 9.17) is 16.3 Å². The van der Waals surface area contributed by atoms with Gasteiger partial charge in [-0.05, 0) is 36.8 Å². The number of halogens is 1. The lowest BCUT2D eigenvalue weighted by Gasteiger charge is -2.19. The highest BCUT2D eigenvalue weighted by Crippen LogP contribution is 2.25. The van der Waals surface area contributed by atoms with Crippen molar-refractivity contribution in [1.29, 1.82) is 0 Å². The van der Waals surface area contributed by atoms with Crippen molar-refractivity contribution in [1.82, 2.24) is 0 Å². The van der Waals surface area contributed by atoms with E-state index in [9.17, 15) is 18.0 Å². The van der Waals surface area contributed by atoms with Gasteiger partial charge in [-0.1, -0.05) is 60.1 Å². The Bertz CT molecular complexity index is 1230. The summed E-state index contributed by atoms with van der Waals surface area (Å²) in [6.07, 6.45) is -0.303. The molecule has 0 aliphatic heterocycles. The zero-order chi connectivity index (χ0) is 22.6. The van der Waals surface area contributed by atoms with E-state index in [1.165, 1.54) is 24.3 Å². The first kappa shape index (κ1) is 22.5. The van der Waals surface area contributed by atoms with Crippen molar-refractivity contribution in [2.75, 3.05) is 11.6 Å². The van der Waals surface area contributed by atoms with E-state index in [0.29, 0.717) is 16.3 Å². The highest BCUT2D eigenvalue weighted by atomic mass is 35.5. The van der Waals surface area contributed by atoms with Crippen LogP contribution < -0.4 is 5.32 Å². The molecule has 31 heavy (non-hydrogen) atoms. The van der Waals surface area contributed by atoms with E-state index in [1.54, 1.807) is 48.5 Å². The Morgan fingerprint density at radius 2 is 1.61 bits per heavy atom. The molecular formula is C23H20ClNO5S.